The van der Waals surface area contributed by atoms with Gasteiger partial charge >= 0.3 is 0 Å². The molecule has 0 amide bonds. The summed E-state index contributed by atoms with van der Waals surface area (Å²) in [5.74, 6) is 0.547. The summed E-state index contributed by atoms with van der Waals surface area (Å²) in [6.07, 6.45) is 2.56. The first-order valence-electron chi connectivity index (χ1n) is 8.16. The second-order valence-electron chi connectivity index (χ2n) is 5.85. The topological polar surface area (TPSA) is 72.2 Å². The van der Waals surface area contributed by atoms with Crippen molar-refractivity contribution >= 4 is 27.5 Å². The summed E-state index contributed by atoms with van der Waals surface area (Å²) < 4.78 is 34.0. The largest absolute Gasteiger partial charge is 0.356 e. The maximum absolute atomic E-state index is 13.0. The molecular formula is C19H20N2O3S2. The Hall–Kier alpha value is -2.25. The third-order valence-corrected chi connectivity index (χ3v) is 6.16. The van der Waals surface area contributed by atoms with E-state index in [0.29, 0.717) is 23.4 Å². The van der Waals surface area contributed by atoms with Crippen LogP contribution in [0.4, 0.5) is 5.69 Å². The number of hydrogen-bond donors (Lipinski definition) is 1. The van der Waals surface area contributed by atoms with Crippen LogP contribution in [0.3, 0.4) is 0 Å². The van der Waals surface area contributed by atoms with Gasteiger partial charge < -0.3 is 4.52 Å². The summed E-state index contributed by atoms with van der Waals surface area (Å²) in [6, 6.07) is 14.4. The van der Waals surface area contributed by atoms with Crippen molar-refractivity contribution in [3.8, 4) is 11.3 Å². The lowest BCUT2D eigenvalue weighted by molar-refractivity contribution is 0.427. The molecule has 0 saturated heterocycles. The van der Waals surface area contributed by atoms with Crippen molar-refractivity contribution < 1.29 is 12.9 Å². The molecule has 3 aromatic rings. The second kappa shape index (κ2) is 7.55. The molecule has 0 bridgehead atoms. The van der Waals surface area contributed by atoms with Crippen LogP contribution in [0, 0.1) is 6.92 Å². The third kappa shape index (κ3) is 3.94. The Morgan fingerprint density at radius 3 is 2.62 bits per heavy atom. The molecule has 2 aromatic carbocycles. The summed E-state index contributed by atoms with van der Waals surface area (Å²) in [5, 5.41) is 3.87. The van der Waals surface area contributed by atoms with Gasteiger partial charge in [-0.1, -0.05) is 30.3 Å². The van der Waals surface area contributed by atoms with E-state index in [4.69, 9.17) is 4.52 Å². The average Bonchev–Trinajstić information content (AvgIpc) is 3.07. The van der Waals surface area contributed by atoms with E-state index < -0.39 is 10.0 Å². The summed E-state index contributed by atoms with van der Waals surface area (Å²) in [6.45, 7) is 3.76. The predicted molar refractivity (Wildman–Crippen MR) is 105 cm³/mol. The Morgan fingerprint density at radius 2 is 1.96 bits per heavy atom. The Morgan fingerprint density at radius 1 is 1.15 bits per heavy atom. The highest BCUT2D eigenvalue weighted by atomic mass is 32.2. The van der Waals surface area contributed by atoms with Crippen LogP contribution < -0.4 is 4.72 Å². The van der Waals surface area contributed by atoms with Crippen molar-refractivity contribution in [3.63, 3.8) is 0 Å². The molecule has 0 atom stereocenters. The Balaban J connectivity index is 2.02. The fraction of sp³-hybridized carbons (Fsp3) is 0.211. The fourth-order valence-corrected chi connectivity index (χ4v) is 4.49. The van der Waals surface area contributed by atoms with Crippen molar-refractivity contribution in [1.29, 1.82) is 0 Å². The van der Waals surface area contributed by atoms with Crippen LogP contribution in [-0.2, 0) is 16.4 Å². The maximum Gasteiger partial charge on any atom is 0.262 e. The van der Waals surface area contributed by atoms with Gasteiger partial charge in [0.15, 0.2) is 5.76 Å². The molecule has 26 heavy (non-hydrogen) atoms. The average molecular weight is 389 g/mol. The molecule has 0 aliphatic rings. The quantitative estimate of drug-likeness (QED) is 0.618. The van der Waals surface area contributed by atoms with Crippen LogP contribution in [-0.4, -0.2) is 19.8 Å². The number of aryl methyl sites for hydroxylation is 2. The molecule has 136 valence electrons. The van der Waals surface area contributed by atoms with E-state index in [0.717, 1.165) is 16.2 Å². The molecule has 1 heterocycles. The first-order chi connectivity index (χ1) is 12.4. The van der Waals surface area contributed by atoms with E-state index in [2.05, 4.69) is 9.88 Å². The van der Waals surface area contributed by atoms with Crippen molar-refractivity contribution in [2.75, 3.05) is 11.0 Å². The van der Waals surface area contributed by atoms with Gasteiger partial charge in [0.1, 0.15) is 0 Å². The number of anilines is 1. The minimum atomic E-state index is -3.73. The normalized spacial score (nSPS) is 11.5. The van der Waals surface area contributed by atoms with Gasteiger partial charge in [0, 0.05) is 22.2 Å². The summed E-state index contributed by atoms with van der Waals surface area (Å²) in [7, 11) is -3.73. The van der Waals surface area contributed by atoms with Crippen LogP contribution >= 0.6 is 11.8 Å². The number of thioether (sulfide) groups is 1. The molecule has 7 heteroatoms. The highest BCUT2D eigenvalue weighted by Crippen LogP contribution is 2.28. The molecule has 0 saturated carbocycles. The SMILES string of the molecule is CCc1ccc(-c2cc(C)no2)cc1S(=O)(=O)Nc1cccc(SC)c1. The van der Waals surface area contributed by atoms with Crippen LogP contribution in [0.5, 0.6) is 0 Å². The van der Waals surface area contributed by atoms with E-state index in [-0.39, 0.29) is 4.90 Å². The van der Waals surface area contributed by atoms with E-state index in [1.54, 1.807) is 30.0 Å². The molecule has 0 unspecified atom stereocenters. The molecule has 0 fully saturated rings. The summed E-state index contributed by atoms with van der Waals surface area (Å²) >= 11 is 1.56. The molecule has 0 aliphatic heterocycles. The fourth-order valence-electron chi connectivity index (χ4n) is 2.65. The zero-order valence-corrected chi connectivity index (χ0v) is 16.4. The molecule has 1 aromatic heterocycles. The number of sulfonamides is 1. The van der Waals surface area contributed by atoms with E-state index in [9.17, 15) is 8.42 Å². The minimum Gasteiger partial charge on any atom is -0.356 e. The standard InChI is InChI=1S/C19H20N2O3S2/c1-4-14-8-9-15(18-10-13(2)20-24-18)11-19(14)26(22,23)21-16-6-5-7-17(12-16)25-3/h5-12,21H,4H2,1-3H3. The third-order valence-electron chi connectivity index (χ3n) is 3.97. The Kier molecular flexibility index (Phi) is 5.38. The lowest BCUT2D eigenvalue weighted by Gasteiger charge is -2.13. The van der Waals surface area contributed by atoms with Gasteiger partial charge in [0.25, 0.3) is 10.0 Å². The summed E-state index contributed by atoms with van der Waals surface area (Å²) in [5.41, 5.74) is 2.72. The zero-order valence-electron chi connectivity index (χ0n) is 14.8. The Bertz CT molecular complexity index is 1030. The van der Waals surface area contributed by atoms with Crippen molar-refractivity contribution in [2.45, 2.75) is 30.1 Å². The molecule has 0 aliphatic carbocycles. The van der Waals surface area contributed by atoms with Gasteiger partial charge in [-0.15, -0.1) is 11.8 Å². The number of benzene rings is 2. The zero-order chi connectivity index (χ0) is 18.7. The van der Waals surface area contributed by atoms with Gasteiger partial charge in [-0.3, -0.25) is 4.72 Å². The highest BCUT2D eigenvalue weighted by Gasteiger charge is 2.20. The molecule has 0 spiro atoms. The highest BCUT2D eigenvalue weighted by molar-refractivity contribution is 7.98. The monoisotopic (exact) mass is 388 g/mol. The number of nitrogens with one attached hydrogen (secondary N) is 1. The number of aromatic nitrogens is 1. The van der Waals surface area contributed by atoms with Gasteiger partial charge in [0.05, 0.1) is 10.6 Å². The van der Waals surface area contributed by atoms with Crippen molar-refractivity contribution in [3.05, 3.63) is 59.8 Å². The Labute approximate surface area is 157 Å². The first kappa shape index (κ1) is 18.5. The molecule has 0 radical (unpaired) electrons. The predicted octanol–water partition coefficient (Wildman–Crippen LogP) is 4.74. The minimum absolute atomic E-state index is 0.251. The van der Waals surface area contributed by atoms with Crippen LogP contribution in [0.2, 0.25) is 0 Å². The smallest absolute Gasteiger partial charge is 0.262 e. The molecule has 5 nitrogen and oxygen atoms in total. The second-order valence-corrected chi connectivity index (χ2v) is 8.38. The van der Waals surface area contributed by atoms with E-state index >= 15 is 0 Å². The van der Waals surface area contributed by atoms with Crippen LogP contribution in [0.15, 0.2) is 62.8 Å². The van der Waals surface area contributed by atoms with Crippen molar-refractivity contribution in [1.82, 2.24) is 5.16 Å². The lowest BCUT2D eigenvalue weighted by atomic mass is 10.1. The lowest BCUT2D eigenvalue weighted by Crippen LogP contribution is -2.15. The van der Waals surface area contributed by atoms with Gasteiger partial charge in [-0.05, 0) is 49.4 Å². The van der Waals surface area contributed by atoms with Crippen LogP contribution in [0.1, 0.15) is 18.2 Å². The number of hydrogen-bond acceptors (Lipinski definition) is 5. The van der Waals surface area contributed by atoms with Gasteiger partial charge in [-0.2, -0.15) is 0 Å². The molecule has 3 rings (SSSR count). The molecular weight excluding hydrogens is 368 g/mol. The van der Waals surface area contributed by atoms with Gasteiger partial charge in [0.2, 0.25) is 0 Å². The first-order valence-corrected chi connectivity index (χ1v) is 10.9. The number of rotatable bonds is 6. The van der Waals surface area contributed by atoms with Crippen LogP contribution in [0.25, 0.3) is 11.3 Å². The maximum atomic E-state index is 13.0. The van der Waals surface area contributed by atoms with E-state index in [1.165, 1.54) is 0 Å². The number of nitrogens with zero attached hydrogens (tertiary/aromatic N) is 1. The summed E-state index contributed by atoms with van der Waals surface area (Å²) in [4.78, 5) is 1.24. The van der Waals surface area contributed by atoms with Gasteiger partial charge in [-0.25, -0.2) is 8.42 Å². The molecule has 1 N–H and O–H groups in total. The van der Waals surface area contributed by atoms with Crippen molar-refractivity contribution in [2.24, 2.45) is 0 Å². The van der Waals surface area contributed by atoms with E-state index in [1.807, 2.05) is 50.4 Å².